The number of hydrogen-bond donors (Lipinski definition) is 2. The minimum atomic E-state index is -0.336. The number of H-pyrrole nitrogens is 1. The van der Waals surface area contributed by atoms with E-state index in [2.05, 4.69) is 20.5 Å². The van der Waals surface area contributed by atoms with E-state index < -0.39 is 0 Å². The molecule has 0 saturated heterocycles. The molecule has 2 N–H and O–H groups in total. The van der Waals surface area contributed by atoms with E-state index in [0.717, 1.165) is 5.69 Å². The van der Waals surface area contributed by atoms with Crippen LogP contribution in [0.4, 0.5) is 10.2 Å². The molecule has 0 aliphatic rings. The SMILES string of the molecule is Fc1ccc(NCc2ccn[nH]2)nc1. The summed E-state index contributed by atoms with van der Waals surface area (Å²) in [6.45, 7) is 0.596. The molecule has 0 spiro atoms. The molecule has 14 heavy (non-hydrogen) atoms. The van der Waals surface area contributed by atoms with Gasteiger partial charge in [-0.3, -0.25) is 5.10 Å². The number of aromatic amines is 1. The third kappa shape index (κ3) is 2.07. The van der Waals surface area contributed by atoms with Gasteiger partial charge >= 0.3 is 0 Å². The first-order valence-corrected chi connectivity index (χ1v) is 4.18. The normalized spacial score (nSPS) is 10.1. The second-order valence-electron chi connectivity index (χ2n) is 2.80. The molecule has 2 aromatic rings. The maximum atomic E-state index is 12.5. The zero-order chi connectivity index (χ0) is 9.80. The van der Waals surface area contributed by atoms with E-state index >= 15 is 0 Å². The molecule has 0 radical (unpaired) electrons. The molecule has 0 atom stereocenters. The van der Waals surface area contributed by atoms with Crippen LogP contribution in [0, 0.1) is 5.82 Å². The van der Waals surface area contributed by atoms with Gasteiger partial charge in [-0.15, -0.1) is 0 Å². The van der Waals surface area contributed by atoms with Crippen molar-refractivity contribution in [3.8, 4) is 0 Å². The van der Waals surface area contributed by atoms with E-state index in [0.29, 0.717) is 12.4 Å². The Morgan fingerprint density at radius 2 is 2.29 bits per heavy atom. The first-order valence-electron chi connectivity index (χ1n) is 4.18. The number of nitrogens with one attached hydrogen (secondary N) is 2. The molecule has 2 aromatic heterocycles. The Labute approximate surface area is 80.2 Å². The van der Waals surface area contributed by atoms with Gasteiger partial charge in [0.25, 0.3) is 0 Å². The van der Waals surface area contributed by atoms with Gasteiger partial charge in [0.05, 0.1) is 18.4 Å². The predicted octanol–water partition coefficient (Wildman–Crippen LogP) is 1.56. The molecule has 0 saturated carbocycles. The molecule has 0 amide bonds. The lowest BCUT2D eigenvalue weighted by Gasteiger charge is -2.02. The second kappa shape index (κ2) is 3.87. The number of halogens is 1. The van der Waals surface area contributed by atoms with Crippen molar-refractivity contribution < 1.29 is 4.39 Å². The molecule has 72 valence electrons. The maximum Gasteiger partial charge on any atom is 0.141 e. The van der Waals surface area contributed by atoms with Crippen LogP contribution in [0.1, 0.15) is 5.69 Å². The van der Waals surface area contributed by atoms with E-state index in [1.165, 1.54) is 12.3 Å². The Bertz CT molecular complexity index is 382. The standard InChI is InChI=1S/C9H9FN4/c10-7-1-2-9(11-5-7)12-6-8-3-4-13-14-8/h1-5H,6H2,(H,11,12)(H,13,14). The van der Waals surface area contributed by atoms with Gasteiger partial charge in [0.15, 0.2) is 0 Å². The van der Waals surface area contributed by atoms with Crippen LogP contribution in [0.15, 0.2) is 30.6 Å². The van der Waals surface area contributed by atoms with E-state index in [-0.39, 0.29) is 5.82 Å². The number of anilines is 1. The van der Waals surface area contributed by atoms with Gasteiger partial charge in [0.1, 0.15) is 11.6 Å². The van der Waals surface area contributed by atoms with Crippen LogP contribution in [0.2, 0.25) is 0 Å². The molecule has 5 heteroatoms. The molecule has 0 bridgehead atoms. The fourth-order valence-electron chi connectivity index (χ4n) is 1.05. The first kappa shape index (κ1) is 8.68. The van der Waals surface area contributed by atoms with Crippen molar-refractivity contribution in [2.24, 2.45) is 0 Å². The molecular weight excluding hydrogens is 183 g/mol. The van der Waals surface area contributed by atoms with Gasteiger partial charge < -0.3 is 5.32 Å². The Balaban J connectivity index is 1.95. The molecule has 2 heterocycles. The third-order valence-electron chi connectivity index (χ3n) is 1.75. The maximum absolute atomic E-state index is 12.5. The van der Waals surface area contributed by atoms with Crippen molar-refractivity contribution in [2.45, 2.75) is 6.54 Å². The highest BCUT2D eigenvalue weighted by atomic mass is 19.1. The zero-order valence-electron chi connectivity index (χ0n) is 7.37. The van der Waals surface area contributed by atoms with Crippen molar-refractivity contribution in [2.75, 3.05) is 5.32 Å². The Hall–Kier alpha value is -1.91. The summed E-state index contributed by atoms with van der Waals surface area (Å²) in [7, 11) is 0. The van der Waals surface area contributed by atoms with E-state index in [4.69, 9.17) is 0 Å². The Morgan fingerprint density at radius 1 is 1.36 bits per heavy atom. The summed E-state index contributed by atoms with van der Waals surface area (Å²) >= 11 is 0. The van der Waals surface area contributed by atoms with E-state index in [1.807, 2.05) is 6.07 Å². The van der Waals surface area contributed by atoms with Crippen LogP contribution in [0.5, 0.6) is 0 Å². The van der Waals surface area contributed by atoms with Gasteiger partial charge in [-0.25, -0.2) is 9.37 Å². The molecular formula is C9H9FN4. The number of pyridine rings is 1. The van der Waals surface area contributed by atoms with Crippen LogP contribution in [0.3, 0.4) is 0 Å². The highest BCUT2D eigenvalue weighted by Crippen LogP contribution is 2.04. The van der Waals surface area contributed by atoms with Gasteiger partial charge in [0, 0.05) is 6.20 Å². The van der Waals surface area contributed by atoms with Crippen LogP contribution < -0.4 is 5.32 Å². The number of rotatable bonds is 3. The monoisotopic (exact) mass is 192 g/mol. The minimum absolute atomic E-state index is 0.336. The largest absolute Gasteiger partial charge is 0.364 e. The average molecular weight is 192 g/mol. The minimum Gasteiger partial charge on any atom is -0.364 e. The number of aromatic nitrogens is 3. The lowest BCUT2D eigenvalue weighted by molar-refractivity contribution is 0.621. The molecule has 0 aliphatic heterocycles. The van der Waals surface area contributed by atoms with Crippen molar-refractivity contribution in [1.82, 2.24) is 15.2 Å². The zero-order valence-corrected chi connectivity index (χ0v) is 7.37. The molecule has 0 aromatic carbocycles. The van der Waals surface area contributed by atoms with Crippen molar-refractivity contribution in [1.29, 1.82) is 0 Å². The fraction of sp³-hybridized carbons (Fsp3) is 0.111. The fourth-order valence-corrected chi connectivity index (χ4v) is 1.05. The van der Waals surface area contributed by atoms with Crippen molar-refractivity contribution >= 4 is 5.82 Å². The van der Waals surface area contributed by atoms with Gasteiger partial charge in [-0.1, -0.05) is 0 Å². The lowest BCUT2D eigenvalue weighted by Crippen LogP contribution is -2.01. The summed E-state index contributed by atoms with van der Waals surface area (Å²) in [4.78, 5) is 3.86. The van der Waals surface area contributed by atoms with Gasteiger partial charge in [-0.05, 0) is 18.2 Å². The van der Waals surface area contributed by atoms with Crippen molar-refractivity contribution in [3.05, 3.63) is 42.1 Å². The summed E-state index contributed by atoms with van der Waals surface area (Å²) in [6.07, 6.45) is 2.85. The van der Waals surface area contributed by atoms with Crippen LogP contribution in [-0.2, 0) is 6.54 Å². The van der Waals surface area contributed by atoms with Crippen LogP contribution in [0.25, 0.3) is 0 Å². The first-order chi connectivity index (χ1) is 6.84. The number of nitrogens with zero attached hydrogens (tertiary/aromatic N) is 2. The summed E-state index contributed by atoms with van der Waals surface area (Å²) < 4.78 is 12.5. The number of hydrogen-bond acceptors (Lipinski definition) is 3. The summed E-state index contributed by atoms with van der Waals surface area (Å²) in [5, 5.41) is 9.63. The van der Waals surface area contributed by atoms with E-state index in [9.17, 15) is 4.39 Å². The average Bonchev–Trinajstić information content (AvgIpc) is 2.70. The quantitative estimate of drug-likeness (QED) is 0.775. The van der Waals surface area contributed by atoms with Crippen molar-refractivity contribution in [3.63, 3.8) is 0 Å². The molecule has 0 aliphatic carbocycles. The molecule has 4 nitrogen and oxygen atoms in total. The summed E-state index contributed by atoms with van der Waals surface area (Å²) in [5.41, 5.74) is 0.955. The van der Waals surface area contributed by atoms with Crippen LogP contribution >= 0.6 is 0 Å². The van der Waals surface area contributed by atoms with Crippen LogP contribution in [-0.4, -0.2) is 15.2 Å². The molecule has 2 rings (SSSR count). The highest BCUT2D eigenvalue weighted by molar-refractivity contribution is 5.33. The van der Waals surface area contributed by atoms with Gasteiger partial charge in [-0.2, -0.15) is 5.10 Å². The third-order valence-corrected chi connectivity index (χ3v) is 1.75. The summed E-state index contributed by atoms with van der Waals surface area (Å²) in [6, 6.07) is 4.81. The smallest absolute Gasteiger partial charge is 0.141 e. The second-order valence-corrected chi connectivity index (χ2v) is 2.80. The Morgan fingerprint density at radius 3 is 2.93 bits per heavy atom. The van der Waals surface area contributed by atoms with Gasteiger partial charge in [0.2, 0.25) is 0 Å². The summed E-state index contributed by atoms with van der Waals surface area (Å²) in [5.74, 6) is 0.304. The molecule has 0 unspecified atom stereocenters. The molecule has 0 fully saturated rings. The Kier molecular flexibility index (Phi) is 2.40. The highest BCUT2D eigenvalue weighted by Gasteiger charge is 1.95. The lowest BCUT2D eigenvalue weighted by atomic mass is 10.4. The predicted molar refractivity (Wildman–Crippen MR) is 50.1 cm³/mol. The van der Waals surface area contributed by atoms with E-state index in [1.54, 1.807) is 12.3 Å². The topological polar surface area (TPSA) is 53.6 Å².